The number of sulfonamides is 1. The first kappa shape index (κ1) is 21.9. The summed E-state index contributed by atoms with van der Waals surface area (Å²) in [6.07, 6.45) is 2.14. The number of rotatable bonds is 6. The molecule has 0 aromatic heterocycles. The molecule has 0 bridgehead atoms. The fourth-order valence-electron chi connectivity index (χ4n) is 4.35. The van der Waals surface area contributed by atoms with Crippen molar-refractivity contribution in [3.8, 4) is 0 Å². The van der Waals surface area contributed by atoms with Crippen LogP contribution in [0.4, 0.5) is 4.39 Å². The summed E-state index contributed by atoms with van der Waals surface area (Å²) in [6.45, 7) is 4.04. The van der Waals surface area contributed by atoms with Crippen LogP contribution in [0.3, 0.4) is 0 Å². The predicted molar refractivity (Wildman–Crippen MR) is 116 cm³/mol. The zero-order chi connectivity index (χ0) is 21.8. The fraction of sp³-hybridized carbons (Fsp3) is 0.435. The van der Waals surface area contributed by atoms with E-state index in [0.29, 0.717) is 32.5 Å². The normalized spacial score (nSPS) is 20.8. The molecule has 0 spiro atoms. The van der Waals surface area contributed by atoms with Gasteiger partial charge >= 0.3 is 0 Å². The number of benzene rings is 2. The van der Waals surface area contributed by atoms with Crippen molar-refractivity contribution in [3.05, 3.63) is 66.0 Å². The first-order chi connectivity index (χ1) is 14.9. The molecule has 1 amide bonds. The van der Waals surface area contributed by atoms with Crippen molar-refractivity contribution in [2.45, 2.75) is 30.2 Å². The molecule has 0 radical (unpaired) electrons. The number of hydrogen-bond acceptors (Lipinski definition) is 4. The van der Waals surface area contributed by atoms with Crippen LogP contribution in [0.5, 0.6) is 0 Å². The maximum absolute atomic E-state index is 13.2. The van der Waals surface area contributed by atoms with E-state index < -0.39 is 21.9 Å². The van der Waals surface area contributed by atoms with Crippen molar-refractivity contribution in [1.82, 2.24) is 14.1 Å². The lowest BCUT2D eigenvalue weighted by Crippen LogP contribution is -2.54. The van der Waals surface area contributed by atoms with E-state index in [-0.39, 0.29) is 10.8 Å². The third-order valence-electron chi connectivity index (χ3n) is 6.15. The molecule has 31 heavy (non-hydrogen) atoms. The highest BCUT2D eigenvalue weighted by molar-refractivity contribution is 7.89. The van der Waals surface area contributed by atoms with Gasteiger partial charge < -0.3 is 4.90 Å². The van der Waals surface area contributed by atoms with E-state index in [1.807, 2.05) is 18.2 Å². The molecule has 2 aliphatic rings. The summed E-state index contributed by atoms with van der Waals surface area (Å²) < 4.78 is 40.6. The molecule has 6 nitrogen and oxygen atoms in total. The molecule has 2 aliphatic heterocycles. The first-order valence-electron chi connectivity index (χ1n) is 10.8. The highest BCUT2D eigenvalue weighted by Gasteiger charge is 2.41. The summed E-state index contributed by atoms with van der Waals surface area (Å²) in [4.78, 5) is 17.3. The lowest BCUT2D eigenvalue weighted by atomic mass is 10.1. The molecule has 2 saturated heterocycles. The van der Waals surface area contributed by atoms with E-state index in [2.05, 4.69) is 17.0 Å². The molecule has 2 heterocycles. The minimum atomic E-state index is -3.83. The molecule has 1 unspecified atom stereocenters. The van der Waals surface area contributed by atoms with Crippen molar-refractivity contribution in [1.29, 1.82) is 0 Å². The second-order valence-electron chi connectivity index (χ2n) is 8.13. The summed E-state index contributed by atoms with van der Waals surface area (Å²) in [5, 5.41) is 0. The highest BCUT2D eigenvalue weighted by atomic mass is 32.2. The van der Waals surface area contributed by atoms with Crippen molar-refractivity contribution in [2.24, 2.45) is 0 Å². The van der Waals surface area contributed by atoms with Crippen LogP contribution in [0.2, 0.25) is 0 Å². The number of nitrogens with zero attached hydrogens (tertiary/aromatic N) is 3. The number of halogens is 1. The van der Waals surface area contributed by atoms with Gasteiger partial charge in [-0.15, -0.1) is 0 Å². The number of carbonyl (C=O) groups is 1. The van der Waals surface area contributed by atoms with E-state index in [9.17, 15) is 17.6 Å². The van der Waals surface area contributed by atoms with Gasteiger partial charge in [0.25, 0.3) is 0 Å². The van der Waals surface area contributed by atoms with Crippen LogP contribution in [-0.2, 0) is 21.2 Å². The van der Waals surface area contributed by atoms with Gasteiger partial charge in [0.1, 0.15) is 11.9 Å². The van der Waals surface area contributed by atoms with Crippen LogP contribution in [0, 0.1) is 5.82 Å². The summed E-state index contributed by atoms with van der Waals surface area (Å²) >= 11 is 0. The Bertz CT molecular complexity index is 990. The summed E-state index contributed by atoms with van der Waals surface area (Å²) in [7, 11) is -3.83. The van der Waals surface area contributed by atoms with Crippen LogP contribution >= 0.6 is 0 Å². The SMILES string of the molecule is O=C(C1CCCN1S(=O)(=O)c1ccc(F)cc1)N1CCN(CCc2ccccc2)CC1. The maximum atomic E-state index is 13.2. The highest BCUT2D eigenvalue weighted by Crippen LogP contribution is 2.27. The molecule has 1 atom stereocenters. The third kappa shape index (κ3) is 4.97. The van der Waals surface area contributed by atoms with Gasteiger partial charge in [-0.1, -0.05) is 30.3 Å². The van der Waals surface area contributed by atoms with Crippen LogP contribution in [0.15, 0.2) is 59.5 Å². The van der Waals surface area contributed by atoms with Gasteiger partial charge in [0, 0.05) is 39.3 Å². The lowest BCUT2D eigenvalue weighted by Gasteiger charge is -2.37. The van der Waals surface area contributed by atoms with Crippen molar-refractivity contribution in [3.63, 3.8) is 0 Å². The summed E-state index contributed by atoms with van der Waals surface area (Å²) in [5.74, 6) is -0.607. The Morgan fingerprint density at radius 1 is 0.935 bits per heavy atom. The first-order valence-corrected chi connectivity index (χ1v) is 12.2. The lowest BCUT2D eigenvalue weighted by molar-refractivity contribution is -0.136. The van der Waals surface area contributed by atoms with E-state index in [1.54, 1.807) is 4.90 Å². The topological polar surface area (TPSA) is 60.9 Å². The number of amides is 1. The van der Waals surface area contributed by atoms with Gasteiger partial charge in [0.05, 0.1) is 4.90 Å². The van der Waals surface area contributed by atoms with E-state index in [0.717, 1.165) is 38.2 Å². The van der Waals surface area contributed by atoms with Crippen molar-refractivity contribution < 1.29 is 17.6 Å². The standard InChI is InChI=1S/C23H28FN3O3S/c24-20-8-10-21(11-9-20)31(29,30)27-13-4-7-22(27)23(28)26-17-15-25(16-18-26)14-12-19-5-2-1-3-6-19/h1-3,5-6,8-11,22H,4,7,12-18H2. The molecular weight excluding hydrogens is 417 g/mol. The molecule has 0 saturated carbocycles. The molecule has 8 heteroatoms. The van der Waals surface area contributed by atoms with E-state index in [4.69, 9.17) is 0 Å². The smallest absolute Gasteiger partial charge is 0.243 e. The number of piperazine rings is 1. The second-order valence-corrected chi connectivity index (χ2v) is 10.0. The molecule has 2 aromatic carbocycles. The number of carbonyl (C=O) groups excluding carboxylic acids is 1. The van der Waals surface area contributed by atoms with Gasteiger partial charge in [0.15, 0.2) is 0 Å². The third-order valence-corrected chi connectivity index (χ3v) is 8.07. The zero-order valence-corrected chi connectivity index (χ0v) is 18.3. The van der Waals surface area contributed by atoms with Crippen LogP contribution in [-0.4, -0.2) is 73.7 Å². The molecular formula is C23H28FN3O3S. The van der Waals surface area contributed by atoms with Crippen molar-refractivity contribution in [2.75, 3.05) is 39.3 Å². The summed E-state index contributed by atoms with van der Waals surface area (Å²) in [5.41, 5.74) is 1.30. The minimum Gasteiger partial charge on any atom is -0.339 e. The second kappa shape index (κ2) is 9.46. The Labute approximate surface area is 183 Å². The van der Waals surface area contributed by atoms with Crippen LogP contribution in [0.25, 0.3) is 0 Å². The Morgan fingerprint density at radius 2 is 1.61 bits per heavy atom. The monoisotopic (exact) mass is 445 g/mol. The largest absolute Gasteiger partial charge is 0.339 e. The number of hydrogen-bond donors (Lipinski definition) is 0. The van der Waals surface area contributed by atoms with E-state index >= 15 is 0 Å². The predicted octanol–water partition coefficient (Wildman–Crippen LogP) is 2.37. The fourth-order valence-corrected chi connectivity index (χ4v) is 6.00. The molecule has 0 N–H and O–H groups in total. The summed E-state index contributed by atoms with van der Waals surface area (Å²) in [6, 6.07) is 14.4. The van der Waals surface area contributed by atoms with Gasteiger partial charge in [-0.25, -0.2) is 12.8 Å². The van der Waals surface area contributed by atoms with Crippen molar-refractivity contribution >= 4 is 15.9 Å². The van der Waals surface area contributed by atoms with Gasteiger partial charge in [-0.3, -0.25) is 9.69 Å². The van der Waals surface area contributed by atoms with Crippen LogP contribution < -0.4 is 0 Å². The zero-order valence-electron chi connectivity index (χ0n) is 17.5. The molecule has 2 fully saturated rings. The maximum Gasteiger partial charge on any atom is 0.243 e. The Kier molecular flexibility index (Phi) is 6.69. The molecule has 4 rings (SSSR count). The average molecular weight is 446 g/mol. The average Bonchev–Trinajstić information content (AvgIpc) is 3.29. The molecule has 2 aromatic rings. The Balaban J connectivity index is 1.35. The van der Waals surface area contributed by atoms with Crippen LogP contribution in [0.1, 0.15) is 18.4 Å². The minimum absolute atomic E-state index is 0.0272. The van der Waals surface area contributed by atoms with E-state index in [1.165, 1.54) is 22.0 Å². The van der Waals surface area contributed by atoms with Gasteiger partial charge in [-0.2, -0.15) is 4.31 Å². The quantitative estimate of drug-likeness (QED) is 0.685. The Morgan fingerprint density at radius 3 is 2.29 bits per heavy atom. The van der Waals surface area contributed by atoms with Gasteiger partial charge in [0.2, 0.25) is 15.9 Å². The van der Waals surface area contributed by atoms with Gasteiger partial charge in [-0.05, 0) is 49.1 Å². The molecule has 0 aliphatic carbocycles. The Hall–Kier alpha value is -2.29. The molecule has 166 valence electrons.